The third-order valence-electron chi connectivity index (χ3n) is 3.79. The molecule has 1 aliphatic rings. The number of nitrogens with zero attached hydrogens (tertiary/aromatic N) is 2. The molecule has 2 rings (SSSR count). The van der Waals surface area contributed by atoms with Crippen LogP contribution in [0.2, 0.25) is 0 Å². The largest absolute Gasteiger partial charge is 0.495 e. The Morgan fingerprint density at radius 2 is 1.85 bits per heavy atom. The Balaban J connectivity index is 2.25. The van der Waals surface area contributed by atoms with E-state index in [0.717, 1.165) is 5.56 Å². The molecule has 0 spiro atoms. The van der Waals surface area contributed by atoms with E-state index in [1.807, 2.05) is 6.07 Å². The van der Waals surface area contributed by atoms with E-state index in [9.17, 15) is 9.59 Å². The molecule has 2 atom stereocenters. The van der Waals surface area contributed by atoms with Crippen LogP contribution in [-0.4, -0.2) is 23.8 Å². The van der Waals surface area contributed by atoms with Crippen LogP contribution in [0.25, 0.3) is 0 Å². The van der Waals surface area contributed by atoms with Gasteiger partial charge in [0.25, 0.3) is 0 Å². The Morgan fingerprint density at radius 1 is 1.25 bits per heavy atom. The Hall–Kier alpha value is -2.35. The van der Waals surface area contributed by atoms with E-state index < -0.39 is 0 Å². The van der Waals surface area contributed by atoms with Crippen molar-refractivity contribution in [2.75, 3.05) is 7.11 Å². The van der Waals surface area contributed by atoms with Crippen LogP contribution >= 0.6 is 0 Å². The summed E-state index contributed by atoms with van der Waals surface area (Å²) < 4.78 is 5.07. The van der Waals surface area contributed by atoms with Gasteiger partial charge in [0.1, 0.15) is 11.8 Å². The molecule has 5 nitrogen and oxygen atoms in total. The van der Waals surface area contributed by atoms with Crippen molar-refractivity contribution in [3.63, 3.8) is 0 Å². The number of benzene rings is 1. The summed E-state index contributed by atoms with van der Waals surface area (Å²) in [7, 11) is 1.49. The molecule has 1 heterocycles. The molecular weight excluding hydrogens is 256 g/mol. The summed E-state index contributed by atoms with van der Waals surface area (Å²) in [5.74, 6) is -0.391. The minimum Gasteiger partial charge on any atom is -0.495 e. The van der Waals surface area contributed by atoms with E-state index in [-0.39, 0.29) is 30.2 Å². The molecule has 0 saturated carbocycles. The topological polar surface area (TPSA) is 70.4 Å². The van der Waals surface area contributed by atoms with Crippen molar-refractivity contribution in [2.24, 2.45) is 11.8 Å². The zero-order valence-electron chi connectivity index (χ0n) is 11.7. The maximum atomic E-state index is 12.0. The molecular formula is C15H16N2O3. The molecule has 1 aliphatic heterocycles. The van der Waals surface area contributed by atoms with E-state index in [1.165, 1.54) is 12.0 Å². The SMILES string of the molecule is COc1ccc(CN2C(=O)C(C)C(C)C2=O)cc1C#N. The summed E-state index contributed by atoms with van der Waals surface area (Å²) in [6, 6.07) is 7.11. The van der Waals surface area contributed by atoms with E-state index in [0.29, 0.717) is 11.3 Å². The van der Waals surface area contributed by atoms with Crippen LogP contribution in [0, 0.1) is 23.2 Å². The molecule has 5 heteroatoms. The van der Waals surface area contributed by atoms with Crippen LogP contribution in [-0.2, 0) is 16.1 Å². The lowest BCUT2D eigenvalue weighted by molar-refractivity contribution is -0.140. The number of amides is 2. The van der Waals surface area contributed by atoms with Crippen molar-refractivity contribution in [3.8, 4) is 11.8 Å². The second-order valence-electron chi connectivity index (χ2n) is 4.99. The predicted octanol–water partition coefficient (Wildman–Crippen LogP) is 1.71. The average molecular weight is 272 g/mol. The molecule has 1 saturated heterocycles. The second kappa shape index (κ2) is 5.33. The first-order valence-corrected chi connectivity index (χ1v) is 6.41. The number of imide groups is 1. The smallest absolute Gasteiger partial charge is 0.233 e. The number of hydrogen-bond acceptors (Lipinski definition) is 4. The number of ether oxygens (including phenoxy) is 1. The van der Waals surface area contributed by atoms with Gasteiger partial charge in [-0.1, -0.05) is 19.9 Å². The molecule has 0 aromatic heterocycles. The Labute approximate surface area is 117 Å². The van der Waals surface area contributed by atoms with Gasteiger partial charge in [0.05, 0.1) is 19.2 Å². The quantitative estimate of drug-likeness (QED) is 0.785. The highest BCUT2D eigenvalue weighted by atomic mass is 16.5. The van der Waals surface area contributed by atoms with Gasteiger partial charge < -0.3 is 4.74 Å². The van der Waals surface area contributed by atoms with E-state index in [4.69, 9.17) is 10.00 Å². The van der Waals surface area contributed by atoms with Gasteiger partial charge in [-0.05, 0) is 17.7 Å². The molecule has 104 valence electrons. The van der Waals surface area contributed by atoms with Crippen molar-refractivity contribution in [1.29, 1.82) is 5.26 Å². The third kappa shape index (κ3) is 2.25. The fourth-order valence-corrected chi connectivity index (χ4v) is 2.31. The summed E-state index contributed by atoms with van der Waals surface area (Å²) >= 11 is 0. The minimum absolute atomic E-state index is 0.156. The van der Waals surface area contributed by atoms with E-state index in [2.05, 4.69) is 0 Å². The molecule has 0 bridgehead atoms. The maximum absolute atomic E-state index is 12.0. The summed E-state index contributed by atoms with van der Waals surface area (Å²) in [5, 5.41) is 9.05. The monoisotopic (exact) mass is 272 g/mol. The molecule has 0 radical (unpaired) electrons. The molecule has 2 unspecified atom stereocenters. The second-order valence-corrected chi connectivity index (χ2v) is 4.99. The van der Waals surface area contributed by atoms with Gasteiger partial charge in [-0.25, -0.2) is 0 Å². The Morgan fingerprint density at radius 3 is 2.35 bits per heavy atom. The first-order chi connectivity index (χ1) is 9.49. The number of nitriles is 1. The average Bonchev–Trinajstić information content (AvgIpc) is 2.65. The molecule has 1 aromatic carbocycles. The lowest BCUT2D eigenvalue weighted by Gasteiger charge is -2.15. The van der Waals surface area contributed by atoms with Crippen molar-refractivity contribution >= 4 is 11.8 Å². The predicted molar refractivity (Wildman–Crippen MR) is 71.6 cm³/mol. The van der Waals surface area contributed by atoms with Crippen molar-refractivity contribution < 1.29 is 14.3 Å². The fraction of sp³-hybridized carbons (Fsp3) is 0.400. The highest BCUT2D eigenvalue weighted by Gasteiger charge is 2.41. The number of rotatable bonds is 3. The molecule has 0 aliphatic carbocycles. The first-order valence-electron chi connectivity index (χ1n) is 6.41. The molecule has 20 heavy (non-hydrogen) atoms. The highest BCUT2D eigenvalue weighted by Crippen LogP contribution is 2.28. The third-order valence-corrected chi connectivity index (χ3v) is 3.79. The van der Waals surface area contributed by atoms with Gasteiger partial charge in [-0.2, -0.15) is 5.26 Å². The number of hydrogen-bond donors (Lipinski definition) is 0. The van der Waals surface area contributed by atoms with Crippen LogP contribution in [0.3, 0.4) is 0 Å². The molecule has 2 amide bonds. The Kier molecular flexibility index (Phi) is 3.75. The van der Waals surface area contributed by atoms with Gasteiger partial charge >= 0.3 is 0 Å². The molecule has 1 aromatic rings. The van der Waals surface area contributed by atoms with E-state index in [1.54, 1.807) is 32.0 Å². The first kappa shape index (κ1) is 14.1. The van der Waals surface area contributed by atoms with Crippen LogP contribution in [0.15, 0.2) is 18.2 Å². The van der Waals surface area contributed by atoms with Gasteiger partial charge in [-0.3, -0.25) is 14.5 Å². The van der Waals surface area contributed by atoms with Crippen LogP contribution < -0.4 is 4.74 Å². The van der Waals surface area contributed by atoms with Gasteiger partial charge in [-0.15, -0.1) is 0 Å². The van der Waals surface area contributed by atoms with Crippen LogP contribution in [0.1, 0.15) is 25.0 Å². The normalized spacial score (nSPS) is 22.0. The zero-order chi connectivity index (χ0) is 14.9. The maximum Gasteiger partial charge on any atom is 0.233 e. The van der Waals surface area contributed by atoms with Gasteiger partial charge in [0, 0.05) is 11.8 Å². The number of methoxy groups -OCH3 is 1. The Bertz CT molecular complexity index is 584. The van der Waals surface area contributed by atoms with Gasteiger partial charge in [0.15, 0.2) is 0 Å². The lowest BCUT2D eigenvalue weighted by Crippen LogP contribution is -2.30. The molecule has 0 N–H and O–H groups in total. The minimum atomic E-state index is -0.281. The lowest BCUT2D eigenvalue weighted by atomic mass is 10.00. The van der Waals surface area contributed by atoms with E-state index >= 15 is 0 Å². The standard InChI is InChI=1S/C15H16N2O3/c1-9-10(2)15(19)17(14(9)18)8-11-4-5-13(20-3)12(6-11)7-16/h4-6,9-10H,8H2,1-3H3. The van der Waals surface area contributed by atoms with Crippen LogP contribution in [0.5, 0.6) is 5.75 Å². The summed E-state index contributed by atoms with van der Waals surface area (Å²) in [5.41, 5.74) is 1.13. The van der Waals surface area contributed by atoms with Crippen molar-refractivity contribution in [3.05, 3.63) is 29.3 Å². The number of carbonyl (C=O) groups is 2. The highest BCUT2D eigenvalue weighted by molar-refractivity contribution is 6.04. The number of carbonyl (C=O) groups excluding carboxylic acids is 2. The van der Waals surface area contributed by atoms with Crippen molar-refractivity contribution in [2.45, 2.75) is 20.4 Å². The summed E-state index contributed by atoms with van der Waals surface area (Å²) in [4.78, 5) is 25.3. The zero-order valence-corrected chi connectivity index (χ0v) is 11.7. The summed E-state index contributed by atoms with van der Waals surface area (Å²) in [6.07, 6.45) is 0. The van der Waals surface area contributed by atoms with Crippen LogP contribution in [0.4, 0.5) is 0 Å². The number of likely N-dealkylation sites (tertiary alicyclic amines) is 1. The van der Waals surface area contributed by atoms with Gasteiger partial charge in [0.2, 0.25) is 11.8 Å². The summed E-state index contributed by atoms with van der Waals surface area (Å²) in [6.45, 7) is 3.73. The molecule has 1 fully saturated rings. The van der Waals surface area contributed by atoms with Crippen molar-refractivity contribution in [1.82, 2.24) is 4.90 Å². The fourth-order valence-electron chi connectivity index (χ4n) is 2.31.